The SMILES string of the molecule is C/C(=N\N=C(/C)c1c(O)c2cccc3c2n(c1=O)CCC3)c1c(O)c2cccc3c2n(c1=O)CCC3. The van der Waals surface area contributed by atoms with Crippen LogP contribution < -0.4 is 11.1 Å². The molecule has 8 heteroatoms. The second-order valence-electron chi connectivity index (χ2n) is 9.57. The smallest absolute Gasteiger partial charge is 0.264 e. The second-order valence-corrected chi connectivity index (χ2v) is 9.57. The molecule has 0 spiro atoms. The van der Waals surface area contributed by atoms with Crippen LogP contribution in [0.25, 0.3) is 21.8 Å². The molecule has 0 amide bonds. The molecule has 8 nitrogen and oxygen atoms in total. The minimum Gasteiger partial charge on any atom is -0.506 e. The Balaban J connectivity index is 1.50. The third-order valence-corrected chi connectivity index (χ3v) is 7.41. The van der Waals surface area contributed by atoms with E-state index in [0.29, 0.717) is 23.9 Å². The van der Waals surface area contributed by atoms with Gasteiger partial charge in [-0.2, -0.15) is 10.2 Å². The van der Waals surface area contributed by atoms with E-state index in [0.717, 1.165) is 47.8 Å². The molecule has 0 radical (unpaired) electrons. The average Bonchev–Trinajstić information content (AvgIpc) is 2.89. The zero-order chi connectivity index (χ0) is 25.1. The number of aromatic hydroxyl groups is 2. The van der Waals surface area contributed by atoms with E-state index < -0.39 is 0 Å². The van der Waals surface area contributed by atoms with Gasteiger partial charge in [0.25, 0.3) is 11.1 Å². The summed E-state index contributed by atoms with van der Waals surface area (Å²) < 4.78 is 3.39. The molecule has 6 rings (SSSR count). The third-order valence-electron chi connectivity index (χ3n) is 7.41. The Morgan fingerprint density at radius 3 is 1.56 bits per heavy atom. The summed E-state index contributed by atoms with van der Waals surface area (Å²) in [5.74, 6) is -0.232. The lowest BCUT2D eigenvalue weighted by molar-refractivity contribution is 0.475. The minimum atomic E-state index is -0.313. The van der Waals surface area contributed by atoms with E-state index in [1.165, 1.54) is 0 Å². The Morgan fingerprint density at radius 1 is 0.722 bits per heavy atom. The lowest BCUT2D eigenvalue weighted by atomic mass is 9.98. The number of nitrogens with zero attached hydrogens (tertiary/aromatic N) is 4. The van der Waals surface area contributed by atoms with E-state index in [-0.39, 0.29) is 45.2 Å². The molecule has 4 aromatic rings. The molecule has 2 aromatic heterocycles. The first-order chi connectivity index (χ1) is 17.4. The van der Waals surface area contributed by atoms with Gasteiger partial charge in [-0.1, -0.05) is 24.3 Å². The fourth-order valence-electron chi connectivity index (χ4n) is 5.73. The zero-order valence-electron chi connectivity index (χ0n) is 20.2. The fourth-order valence-corrected chi connectivity index (χ4v) is 5.73. The molecule has 36 heavy (non-hydrogen) atoms. The highest BCUT2D eigenvalue weighted by Crippen LogP contribution is 2.33. The van der Waals surface area contributed by atoms with Gasteiger partial charge >= 0.3 is 0 Å². The summed E-state index contributed by atoms with van der Waals surface area (Å²) in [5, 5.41) is 31.7. The highest BCUT2D eigenvalue weighted by Gasteiger charge is 2.24. The van der Waals surface area contributed by atoms with Gasteiger partial charge in [-0.05, 0) is 62.8 Å². The zero-order valence-corrected chi connectivity index (χ0v) is 20.2. The van der Waals surface area contributed by atoms with Crippen LogP contribution >= 0.6 is 0 Å². The number of pyridine rings is 2. The van der Waals surface area contributed by atoms with E-state index in [1.54, 1.807) is 35.1 Å². The number of rotatable bonds is 3. The van der Waals surface area contributed by atoms with Crippen LogP contribution in [0.4, 0.5) is 0 Å². The Labute approximate surface area is 206 Å². The van der Waals surface area contributed by atoms with Gasteiger partial charge in [0.1, 0.15) is 22.6 Å². The van der Waals surface area contributed by atoms with Crippen molar-refractivity contribution >= 4 is 33.2 Å². The van der Waals surface area contributed by atoms with Crippen molar-refractivity contribution in [3.63, 3.8) is 0 Å². The van der Waals surface area contributed by atoms with Crippen LogP contribution in [0.15, 0.2) is 56.2 Å². The van der Waals surface area contributed by atoms with Crippen molar-refractivity contribution in [2.75, 3.05) is 0 Å². The molecule has 2 aliphatic heterocycles. The monoisotopic (exact) mass is 482 g/mol. The number of benzene rings is 2. The van der Waals surface area contributed by atoms with Crippen LogP contribution in [-0.2, 0) is 25.9 Å². The van der Waals surface area contributed by atoms with Crippen molar-refractivity contribution < 1.29 is 10.2 Å². The first kappa shape index (κ1) is 22.3. The molecule has 0 aliphatic carbocycles. The van der Waals surface area contributed by atoms with Gasteiger partial charge in [0.05, 0.1) is 22.5 Å². The van der Waals surface area contributed by atoms with Crippen LogP contribution in [0.1, 0.15) is 48.9 Å². The number of hydrogen-bond acceptors (Lipinski definition) is 6. The lowest BCUT2D eigenvalue weighted by Gasteiger charge is -2.21. The highest BCUT2D eigenvalue weighted by molar-refractivity contribution is 6.08. The van der Waals surface area contributed by atoms with Gasteiger partial charge in [0.15, 0.2) is 0 Å². The van der Waals surface area contributed by atoms with Crippen LogP contribution in [0.5, 0.6) is 11.5 Å². The quantitative estimate of drug-likeness (QED) is 0.341. The number of aromatic nitrogens is 2. The summed E-state index contributed by atoms with van der Waals surface area (Å²) in [4.78, 5) is 26.7. The summed E-state index contributed by atoms with van der Waals surface area (Å²) >= 11 is 0. The van der Waals surface area contributed by atoms with Gasteiger partial charge in [0.2, 0.25) is 0 Å². The first-order valence-corrected chi connectivity index (χ1v) is 12.2. The summed E-state index contributed by atoms with van der Waals surface area (Å²) in [6.45, 7) is 4.37. The average molecular weight is 483 g/mol. The first-order valence-electron chi connectivity index (χ1n) is 12.2. The maximum absolute atomic E-state index is 13.3. The van der Waals surface area contributed by atoms with Gasteiger partial charge in [0, 0.05) is 23.9 Å². The Hall–Kier alpha value is -4.20. The van der Waals surface area contributed by atoms with E-state index in [9.17, 15) is 19.8 Å². The fraction of sp³-hybridized carbons (Fsp3) is 0.286. The third kappa shape index (κ3) is 3.13. The van der Waals surface area contributed by atoms with Crippen LogP contribution in [0.2, 0.25) is 0 Å². The molecule has 4 heterocycles. The summed E-state index contributed by atoms with van der Waals surface area (Å²) in [7, 11) is 0. The summed E-state index contributed by atoms with van der Waals surface area (Å²) in [6.07, 6.45) is 3.42. The molecule has 2 aliphatic rings. The van der Waals surface area contributed by atoms with Crippen molar-refractivity contribution in [2.24, 2.45) is 10.2 Å². The molecule has 2 aromatic carbocycles. The molecule has 182 valence electrons. The molecule has 0 bridgehead atoms. The predicted octanol–water partition coefficient (Wildman–Crippen LogP) is 3.85. The van der Waals surface area contributed by atoms with E-state index in [4.69, 9.17) is 0 Å². The number of para-hydroxylation sites is 2. The van der Waals surface area contributed by atoms with Crippen molar-refractivity contribution in [3.05, 3.63) is 79.4 Å². The lowest BCUT2D eigenvalue weighted by Crippen LogP contribution is -2.29. The maximum atomic E-state index is 13.3. The topological polar surface area (TPSA) is 109 Å². The number of aryl methyl sites for hydroxylation is 4. The Kier molecular flexibility index (Phi) is 5.07. The second kappa shape index (κ2) is 8.19. The minimum absolute atomic E-state index is 0.0947. The van der Waals surface area contributed by atoms with Crippen LogP contribution in [0, 0.1) is 0 Å². The van der Waals surface area contributed by atoms with Crippen molar-refractivity contribution in [2.45, 2.75) is 52.6 Å². The normalized spacial score (nSPS) is 15.6. The van der Waals surface area contributed by atoms with Crippen molar-refractivity contribution in [3.8, 4) is 11.5 Å². The summed E-state index contributed by atoms with van der Waals surface area (Å²) in [6, 6.07) is 11.3. The van der Waals surface area contributed by atoms with Gasteiger partial charge in [-0.15, -0.1) is 0 Å². The molecule has 0 saturated heterocycles. The number of hydrogen-bond donors (Lipinski definition) is 2. The Morgan fingerprint density at radius 2 is 1.14 bits per heavy atom. The molecular formula is C28H26N4O4. The van der Waals surface area contributed by atoms with E-state index >= 15 is 0 Å². The largest absolute Gasteiger partial charge is 0.506 e. The van der Waals surface area contributed by atoms with Crippen molar-refractivity contribution in [1.82, 2.24) is 9.13 Å². The Bertz CT molecular complexity index is 1640. The predicted molar refractivity (Wildman–Crippen MR) is 141 cm³/mol. The van der Waals surface area contributed by atoms with Crippen LogP contribution in [-0.4, -0.2) is 30.8 Å². The van der Waals surface area contributed by atoms with Gasteiger partial charge < -0.3 is 19.3 Å². The standard InChI is InChI=1S/C28H26N4O4/c1-15(21-25(33)19-11-3-7-17-9-5-13-31(23(17)19)27(21)35)29-30-16(2)22-26(34)20-12-4-8-18-10-6-14-32(24(18)20)28(22)36/h3-4,7-8,11-12,33-34H,5-6,9-10,13-14H2,1-2H3/b29-15+,30-16+. The van der Waals surface area contributed by atoms with E-state index in [1.807, 2.05) is 24.3 Å². The van der Waals surface area contributed by atoms with Crippen molar-refractivity contribution in [1.29, 1.82) is 0 Å². The van der Waals surface area contributed by atoms with Crippen LogP contribution in [0.3, 0.4) is 0 Å². The molecule has 0 fully saturated rings. The van der Waals surface area contributed by atoms with Gasteiger partial charge in [-0.25, -0.2) is 0 Å². The molecule has 0 atom stereocenters. The summed E-state index contributed by atoms with van der Waals surface area (Å²) in [5.41, 5.74) is 3.66. The van der Waals surface area contributed by atoms with E-state index in [2.05, 4.69) is 10.2 Å². The molecular weight excluding hydrogens is 456 g/mol. The molecule has 2 N–H and O–H groups in total. The van der Waals surface area contributed by atoms with Gasteiger partial charge in [-0.3, -0.25) is 9.59 Å². The molecule has 0 saturated carbocycles. The highest BCUT2D eigenvalue weighted by atomic mass is 16.3. The molecule has 0 unspecified atom stereocenters. The maximum Gasteiger partial charge on any atom is 0.264 e.